The maximum absolute atomic E-state index is 12.3. The summed E-state index contributed by atoms with van der Waals surface area (Å²) in [7, 11) is 0. The molecule has 1 fully saturated rings. The minimum atomic E-state index is -1.00. The molecule has 1 saturated carbocycles. The van der Waals surface area contributed by atoms with Crippen LogP contribution >= 0.6 is 0 Å². The SMILES string of the molecule is Nc1ccc(C(=O)N(CC(=O)O)C2CCCC2)nc1. The van der Waals surface area contributed by atoms with Crippen LogP contribution in [0, 0.1) is 0 Å². The smallest absolute Gasteiger partial charge is 0.323 e. The topological polar surface area (TPSA) is 96.5 Å². The molecule has 1 amide bonds. The number of aliphatic carboxylic acids is 1. The molecule has 0 aromatic carbocycles. The molecule has 0 aliphatic heterocycles. The monoisotopic (exact) mass is 263 g/mol. The maximum atomic E-state index is 12.3. The molecule has 1 aliphatic carbocycles. The van der Waals surface area contributed by atoms with Gasteiger partial charge in [0.1, 0.15) is 12.2 Å². The van der Waals surface area contributed by atoms with Crippen LogP contribution in [-0.2, 0) is 4.79 Å². The van der Waals surface area contributed by atoms with Crippen molar-refractivity contribution in [2.75, 3.05) is 12.3 Å². The molecule has 1 aromatic heterocycles. The van der Waals surface area contributed by atoms with Crippen LogP contribution in [-0.4, -0.2) is 39.5 Å². The van der Waals surface area contributed by atoms with Crippen LogP contribution < -0.4 is 5.73 Å². The Morgan fingerprint density at radius 3 is 2.58 bits per heavy atom. The van der Waals surface area contributed by atoms with Crippen molar-refractivity contribution < 1.29 is 14.7 Å². The molecule has 2 rings (SSSR count). The average Bonchev–Trinajstić information content (AvgIpc) is 2.89. The lowest BCUT2D eigenvalue weighted by molar-refractivity contribution is -0.138. The zero-order valence-electron chi connectivity index (χ0n) is 10.6. The number of anilines is 1. The van der Waals surface area contributed by atoms with E-state index in [1.807, 2.05) is 0 Å². The highest BCUT2D eigenvalue weighted by atomic mass is 16.4. The molecule has 6 heteroatoms. The van der Waals surface area contributed by atoms with Gasteiger partial charge in [0.05, 0.1) is 11.9 Å². The van der Waals surface area contributed by atoms with Crippen molar-refractivity contribution in [3.8, 4) is 0 Å². The number of carbonyl (C=O) groups excluding carboxylic acids is 1. The summed E-state index contributed by atoms with van der Waals surface area (Å²) in [5.74, 6) is -1.34. The highest BCUT2D eigenvalue weighted by Crippen LogP contribution is 2.24. The first kappa shape index (κ1) is 13.3. The lowest BCUT2D eigenvalue weighted by Gasteiger charge is -2.27. The quantitative estimate of drug-likeness (QED) is 0.848. The summed E-state index contributed by atoms with van der Waals surface area (Å²) >= 11 is 0. The molecule has 19 heavy (non-hydrogen) atoms. The largest absolute Gasteiger partial charge is 0.480 e. The highest BCUT2D eigenvalue weighted by Gasteiger charge is 2.29. The van der Waals surface area contributed by atoms with E-state index in [9.17, 15) is 9.59 Å². The van der Waals surface area contributed by atoms with Crippen molar-refractivity contribution in [1.82, 2.24) is 9.88 Å². The molecule has 1 aromatic rings. The third-order valence-corrected chi connectivity index (χ3v) is 3.34. The number of carboxylic acids is 1. The molecule has 102 valence electrons. The summed E-state index contributed by atoms with van der Waals surface area (Å²) in [5, 5.41) is 8.95. The van der Waals surface area contributed by atoms with E-state index in [1.165, 1.54) is 17.2 Å². The van der Waals surface area contributed by atoms with E-state index in [0.29, 0.717) is 5.69 Å². The first-order valence-electron chi connectivity index (χ1n) is 6.32. The van der Waals surface area contributed by atoms with Gasteiger partial charge in [0, 0.05) is 6.04 Å². The van der Waals surface area contributed by atoms with Crippen LogP contribution in [0.25, 0.3) is 0 Å². The summed E-state index contributed by atoms with van der Waals surface area (Å²) in [4.78, 5) is 28.6. The van der Waals surface area contributed by atoms with Crippen LogP contribution in [0.2, 0.25) is 0 Å². The fraction of sp³-hybridized carbons (Fsp3) is 0.462. The number of nitrogens with zero attached hydrogens (tertiary/aromatic N) is 2. The molecule has 0 radical (unpaired) electrons. The minimum Gasteiger partial charge on any atom is -0.480 e. The van der Waals surface area contributed by atoms with Crippen LogP contribution in [0.3, 0.4) is 0 Å². The van der Waals surface area contributed by atoms with Crippen molar-refractivity contribution in [3.63, 3.8) is 0 Å². The number of pyridine rings is 1. The van der Waals surface area contributed by atoms with Crippen LogP contribution in [0.1, 0.15) is 36.2 Å². The summed E-state index contributed by atoms with van der Waals surface area (Å²) in [6.45, 7) is -0.282. The number of nitrogens with two attached hydrogens (primary N) is 1. The Balaban J connectivity index is 2.18. The van der Waals surface area contributed by atoms with Crippen LogP contribution in [0.15, 0.2) is 18.3 Å². The third-order valence-electron chi connectivity index (χ3n) is 3.34. The third kappa shape index (κ3) is 3.21. The number of hydrogen-bond acceptors (Lipinski definition) is 4. The van der Waals surface area contributed by atoms with E-state index in [-0.39, 0.29) is 24.2 Å². The number of nitrogen functional groups attached to an aromatic ring is 1. The summed E-state index contributed by atoms with van der Waals surface area (Å²) in [6.07, 6.45) is 5.18. The predicted octanol–water partition coefficient (Wildman–Crippen LogP) is 1.13. The van der Waals surface area contributed by atoms with Gasteiger partial charge in [-0.3, -0.25) is 9.59 Å². The summed E-state index contributed by atoms with van der Waals surface area (Å²) in [5.41, 5.74) is 6.24. The van der Waals surface area contributed by atoms with Crippen molar-refractivity contribution in [1.29, 1.82) is 0 Å². The van der Waals surface area contributed by atoms with E-state index in [4.69, 9.17) is 10.8 Å². The van der Waals surface area contributed by atoms with Gasteiger partial charge in [0.2, 0.25) is 0 Å². The number of rotatable bonds is 4. The van der Waals surface area contributed by atoms with Crippen molar-refractivity contribution >= 4 is 17.6 Å². The zero-order chi connectivity index (χ0) is 13.8. The normalized spacial score (nSPS) is 15.4. The number of aromatic nitrogens is 1. The molecule has 0 spiro atoms. The molecule has 0 atom stereocenters. The second kappa shape index (κ2) is 5.69. The lowest BCUT2D eigenvalue weighted by Crippen LogP contribution is -2.42. The van der Waals surface area contributed by atoms with Crippen LogP contribution in [0.4, 0.5) is 5.69 Å². The second-order valence-electron chi connectivity index (χ2n) is 4.74. The molecule has 0 unspecified atom stereocenters. The van der Waals surface area contributed by atoms with E-state index in [2.05, 4.69) is 4.98 Å². The van der Waals surface area contributed by atoms with E-state index in [1.54, 1.807) is 6.07 Å². The first-order chi connectivity index (χ1) is 9.08. The molecular formula is C13H17N3O3. The number of carboxylic acid groups (broad SMARTS) is 1. The highest BCUT2D eigenvalue weighted by molar-refractivity contribution is 5.94. The van der Waals surface area contributed by atoms with Crippen LogP contribution in [0.5, 0.6) is 0 Å². The molecule has 0 bridgehead atoms. The molecule has 1 aliphatic rings. The molecular weight excluding hydrogens is 246 g/mol. The Morgan fingerprint density at radius 2 is 2.05 bits per heavy atom. The fourth-order valence-electron chi connectivity index (χ4n) is 2.41. The van der Waals surface area contributed by atoms with Gasteiger partial charge < -0.3 is 15.7 Å². The molecule has 0 saturated heterocycles. The van der Waals surface area contributed by atoms with Gasteiger partial charge in [-0.25, -0.2) is 4.98 Å². The minimum absolute atomic E-state index is 0.00273. The lowest BCUT2D eigenvalue weighted by atomic mass is 10.2. The van der Waals surface area contributed by atoms with Crippen molar-refractivity contribution in [3.05, 3.63) is 24.0 Å². The number of hydrogen-bond donors (Lipinski definition) is 2. The standard InChI is InChI=1S/C13H17N3O3/c14-9-5-6-11(15-7-9)13(19)16(8-12(17)18)10-3-1-2-4-10/h5-7,10H,1-4,8,14H2,(H,17,18). The number of amides is 1. The van der Waals surface area contributed by atoms with Gasteiger partial charge in [0.15, 0.2) is 0 Å². The second-order valence-corrected chi connectivity index (χ2v) is 4.74. The Bertz CT molecular complexity index is 467. The van der Waals surface area contributed by atoms with Crippen molar-refractivity contribution in [2.24, 2.45) is 0 Å². The van der Waals surface area contributed by atoms with Gasteiger partial charge in [-0.1, -0.05) is 12.8 Å². The van der Waals surface area contributed by atoms with Gasteiger partial charge in [-0.05, 0) is 25.0 Å². The predicted molar refractivity (Wildman–Crippen MR) is 69.6 cm³/mol. The van der Waals surface area contributed by atoms with E-state index in [0.717, 1.165) is 25.7 Å². The van der Waals surface area contributed by atoms with Gasteiger partial charge >= 0.3 is 5.97 Å². The Labute approximate surface area is 111 Å². The van der Waals surface area contributed by atoms with Gasteiger partial charge in [-0.2, -0.15) is 0 Å². The molecule has 3 N–H and O–H groups in total. The van der Waals surface area contributed by atoms with Crippen molar-refractivity contribution in [2.45, 2.75) is 31.7 Å². The fourth-order valence-corrected chi connectivity index (χ4v) is 2.41. The molecule has 6 nitrogen and oxygen atoms in total. The first-order valence-corrected chi connectivity index (χ1v) is 6.32. The zero-order valence-corrected chi connectivity index (χ0v) is 10.6. The summed E-state index contributed by atoms with van der Waals surface area (Å²) < 4.78 is 0. The molecule has 1 heterocycles. The Morgan fingerprint density at radius 1 is 1.37 bits per heavy atom. The Kier molecular flexibility index (Phi) is 3.99. The van der Waals surface area contributed by atoms with Gasteiger partial charge in [0.25, 0.3) is 5.91 Å². The van der Waals surface area contributed by atoms with E-state index < -0.39 is 5.97 Å². The van der Waals surface area contributed by atoms with Gasteiger partial charge in [-0.15, -0.1) is 0 Å². The maximum Gasteiger partial charge on any atom is 0.323 e. The van der Waals surface area contributed by atoms with E-state index >= 15 is 0 Å². The summed E-state index contributed by atoms with van der Waals surface area (Å²) in [6, 6.07) is 3.12. The average molecular weight is 263 g/mol. The number of carbonyl (C=O) groups is 2. The Hall–Kier alpha value is -2.11.